The highest BCUT2D eigenvalue weighted by molar-refractivity contribution is 5.75. The topological polar surface area (TPSA) is 79.6 Å². The highest BCUT2D eigenvalue weighted by Gasteiger charge is 2.15. The van der Waals surface area contributed by atoms with Crippen LogP contribution in [0, 0.1) is 5.92 Å². The molecule has 1 atom stereocenters. The summed E-state index contributed by atoms with van der Waals surface area (Å²) < 4.78 is 5.32. The molecule has 0 bridgehead atoms. The van der Waals surface area contributed by atoms with E-state index in [9.17, 15) is 4.79 Å². The molecule has 21 heavy (non-hydrogen) atoms. The number of hydrogen-bond acceptors (Lipinski definition) is 5. The molecule has 0 aromatic rings. The Labute approximate surface area is 128 Å². The van der Waals surface area contributed by atoms with Crippen molar-refractivity contribution in [2.75, 3.05) is 33.0 Å². The maximum atomic E-state index is 11.9. The van der Waals surface area contributed by atoms with Crippen LogP contribution < -0.4 is 16.5 Å². The number of hydrazine groups is 1. The number of rotatable bonds is 10. The molecule has 124 valence electrons. The van der Waals surface area contributed by atoms with Crippen LogP contribution in [-0.4, -0.2) is 49.9 Å². The summed E-state index contributed by atoms with van der Waals surface area (Å²) in [5.41, 5.74) is 0. The molecule has 1 amide bonds. The summed E-state index contributed by atoms with van der Waals surface area (Å²) >= 11 is 0. The Morgan fingerprint density at radius 1 is 1.38 bits per heavy atom. The number of nitrogens with two attached hydrogens (primary N) is 1. The summed E-state index contributed by atoms with van der Waals surface area (Å²) in [5, 5.41) is 8.17. The van der Waals surface area contributed by atoms with Gasteiger partial charge < -0.3 is 15.4 Å². The number of carbonyl (C=O) groups excluding carboxylic acids is 1. The first-order valence-electron chi connectivity index (χ1n) is 8.23. The average molecular weight is 300 g/mol. The molecule has 1 aliphatic rings. The van der Waals surface area contributed by atoms with E-state index in [1.165, 1.54) is 0 Å². The van der Waals surface area contributed by atoms with E-state index in [0.29, 0.717) is 25.0 Å². The number of carbonyl (C=O) groups is 1. The molecule has 0 aromatic carbocycles. The van der Waals surface area contributed by atoms with Crippen molar-refractivity contribution in [2.45, 2.75) is 52.0 Å². The highest BCUT2D eigenvalue weighted by atomic mass is 16.5. The molecule has 1 rings (SSSR count). The van der Waals surface area contributed by atoms with Gasteiger partial charge in [-0.25, -0.2) is 5.01 Å². The van der Waals surface area contributed by atoms with Crippen LogP contribution in [0.1, 0.15) is 46.0 Å². The lowest BCUT2D eigenvalue weighted by molar-refractivity contribution is -0.121. The Morgan fingerprint density at radius 3 is 2.71 bits per heavy atom. The molecule has 4 N–H and O–H groups in total. The third-order valence-corrected chi connectivity index (χ3v) is 4.13. The SMILES string of the molecule is CCC(CCC(=O)NCC1CCOCC1)NCN(N)CC. The second-order valence-corrected chi connectivity index (χ2v) is 5.77. The second-order valence-electron chi connectivity index (χ2n) is 5.77. The summed E-state index contributed by atoms with van der Waals surface area (Å²) in [7, 11) is 0. The van der Waals surface area contributed by atoms with Gasteiger partial charge in [0.1, 0.15) is 0 Å². The normalized spacial score (nSPS) is 17.9. The van der Waals surface area contributed by atoms with Gasteiger partial charge in [-0.1, -0.05) is 13.8 Å². The molecule has 1 heterocycles. The van der Waals surface area contributed by atoms with E-state index in [1.807, 2.05) is 6.92 Å². The Morgan fingerprint density at radius 2 is 2.10 bits per heavy atom. The van der Waals surface area contributed by atoms with Gasteiger partial charge in [0.2, 0.25) is 5.91 Å². The van der Waals surface area contributed by atoms with Gasteiger partial charge in [0, 0.05) is 38.8 Å². The van der Waals surface area contributed by atoms with Gasteiger partial charge in [-0.2, -0.15) is 0 Å². The zero-order valence-corrected chi connectivity index (χ0v) is 13.6. The van der Waals surface area contributed by atoms with Crippen LogP contribution in [0.3, 0.4) is 0 Å². The Balaban J connectivity index is 2.11. The molecular formula is C15H32N4O2. The molecule has 0 saturated carbocycles. The number of nitrogens with zero attached hydrogens (tertiary/aromatic N) is 1. The smallest absolute Gasteiger partial charge is 0.220 e. The lowest BCUT2D eigenvalue weighted by atomic mass is 10.0. The van der Waals surface area contributed by atoms with Crippen molar-refractivity contribution in [2.24, 2.45) is 11.8 Å². The first-order valence-corrected chi connectivity index (χ1v) is 8.23. The van der Waals surface area contributed by atoms with Gasteiger partial charge in [-0.15, -0.1) is 0 Å². The fraction of sp³-hybridized carbons (Fsp3) is 0.933. The zero-order valence-electron chi connectivity index (χ0n) is 13.6. The zero-order chi connectivity index (χ0) is 15.5. The second kappa shape index (κ2) is 11.0. The third-order valence-electron chi connectivity index (χ3n) is 4.13. The maximum absolute atomic E-state index is 11.9. The quantitative estimate of drug-likeness (QED) is 0.316. The summed E-state index contributed by atoms with van der Waals surface area (Å²) in [5.74, 6) is 6.48. The Bertz CT molecular complexity index is 283. The largest absolute Gasteiger partial charge is 0.381 e. The van der Waals surface area contributed by atoms with Gasteiger partial charge in [0.15, 0.2) is 0 Å². The van der Waals surface area contributed by atoms with Gasteiger partial charge in [0.25, 0.3) is 0 Å². The minimum atomic E-state index is 0.154. The van der Waals surface area contributed by atoms with E-state index in [4.69, 9.17) is 10.6 Å². The van der Waals surface area contributed by atoms with E-state index < -0.39 is 0 Å². The van der Waals surface area contributed by atoms with Gasteiger partial charge in [-0.05, 0) is 31.6 Å². The van der Waals surface area contributed by atoms with E-state index >= 15 is 0 Å². The summed E-state index contributed by atoms with van der Waals surface area (Å²) in [4.78, 5) is 11.9. The lowest BCUT2D eigenvalue weighted by Gasteiger charge is -2.23. The number of amides is 1. The van der Waals surface area contributed by atoms with Gasteiger partial charge in [0.05, 0.1) is 6.67 Å². The average Bonchev–Trinajstić information content (AvgIpc) is 2.53. The fourth-order valence-corrected chi connectivity index (χ4v) is 2.41. The van der Waals surface area contributed by atoms with Crippen molar-refractivity contribution in [3.05, 3.63) is 0 Å². The number of ether oxygens (including phenoxy) is 1. The van der Waals surface area contributed by atoms with E-state index in [0.717, 1.165) is 52.0 Å². The van der Waals surface area contributed by atoms with Crippen LogP contribution in [0.2, 0.25) is 0 Å². The molecular weight excluding hydrogens is 268 g/mol. The molecule has 0 aromatic heterocycles. The van der Waals surface area contributed by atoms with Crippen LogP contribution in [0.25, 0.3) is 0 Å². The predicted molar refractivity (Wildman–Crippen MR) is 84.4 cm³/mol. The lowest BCUT2D eigenvalue weighted by Crippen LogP contribution is -2.43. The molecule has 6 heteroatoms. The van der Waals surface area contributed by atoms with Crippen LogP contribution in [0.15, 0.2) is 0 Å². The third kappa shape index (κ3) is 8.36. The van der Waals surface area contributed by atoms with Crippen molar-refractivity contribution in [3.8, 4) is 0 Å². The molecule has 1 aliphatic heterocycles. The fourth-order valence-electron chi connectivity index (χ4n) is 2.41. The standard InChI is InChI=1S/C15H32N4O2/c1-3-14(18-12-19(16)4-2)5-6-15(20)17-11-13-7-9-21-10-8-13/h13-14,18H,3-12,16H2,1-2H3,(H,17,20). The molecule has 0 spiro atoms. The first kappa shape index (κ1) is 18.4. The van der Waals surface area contributed by atoms with E-state index in [-0.39, 0.29) is 5.91 Å². The summed E-state index contributed by atoms with van der Waals surface area (Å²) in [6, 6.07) is 0.344. The number of nitrogens with one attached hydrogen (secondary N) is 2. The van der Waals surface area contributed by atoms with Gasteiger partial charge >= 0.3 is 0 Å². The van der Waals surface area contributed by atoms with Crippen LogP contribution in [-0.2, 0) is 9.53 Å². The van der Waals surface area contributed by atoms with Crippen molar-refractivity contribution < 1.29 is 9.53 Å². The maximum Gasteiger partial charge on any atom is 0.220 e. The summed E-state index contributed by atoms with van der Waals surface area (Å²) in [6.45, 7) is 8.08. The number of hydrogen-bond donors (Lipinski definition) is 3. The van der Waals surface area contributed by atoms with Crippen molar-refractivity contribution in [3.63, 3.8) is 0 Å². The predicted octanol–water partition coefficient (Wildman–Crippen LogP) is 0.831. The minimum absolute atomic E-state index is 0.154. The summed E-state index contributed by atoms with van der Waals surface area (Å²) in [6.07, 6.45) is 4.55. The van der Waals surface area contributed by atoms with Crippen molar-refractivity contribution >= 4 is 5.91 Å². The van der Waals surface area contributed by atoms with Crippen LogP contribution >= 0.6 is 0 Å². The molecule has 0 aliphatic carbocycles. The Kier molecular flexibility index (Phi) is 9.58. The van der Waals surface area contributed by atoms with E-state index in [1.54, 1.807) is 5.01 Å². The van der Waals surface area contributed by atoms with Crippen LogP contribution in [0.5, 0.6) is 0 Å². The van der Waals surface area contributed by atoms with Crippen molar-refractivity contribution in [1.29, 1.82) is 0 Å². The monoisotopic (exact) mass is 300 g/mol. The minimum Gasteiger partial charge on any atom is -0.381 e. The molecule has 1 fully saturated rings. The van der Waals surface area contributed by atoms with Crippen LogP contribution in [0.4, 0.5) is 0 Å². The van der Waals surface area contributed by atoms with E-state index in [2.05, 4.69) is 17.6 Å². The highest BCUT2D eigenvalue weighted by Crippen LogP contribution is 2.13. The Hall–Kier alpha value is -0.690. The molecule has 0 radical (unpaired) electrons. The molecule has 1 saturated heterocycles. The van der Waals surface area contributed by atoms with Crippen molar-refractivity contribution in [1.82, 2.24) is 15.6 Å². The molecule has 6 nitrogen and oxygen atoms in total. The first-order chi connectivity index (χ1) is 10.2. The van der Waals surface area contributed by atoms with Gasteiger partial charge in [-0.3, -0.25) is 10.6 Å². The molecule has 1 unspecified atom stereocenters.